The first kappa shape index (κ1) is 27.7. The van der Waals surface area contributed by atoms with Gasteiger partial charge in [0.15, 0.2) is 11.5 Å². The number of rotatable bonds is 8. The van der Waals surface area contributed by atoms with E-state index in [-0.39, 0.29) is 21.3 Å². The minimum atomic E-state index is -4.13. The van der Waals surface area contributed by atoms with Gasteiger partial charge in [-0.1, -0.05) is 35.9 Å². The van der Waals surface area contributed by atoms with Gasteiger partial charge in [0.05, 0.1) is 15.6 Å². The molecule has 0 spiro atoms. The lowest BCUT2D eigenvalue weighted by Crippen LogP contribution is -2.36. The maximum absolute atomic E-state index is 12.9. The third kappa shape index (κ3) is 6.37. The lowest BCUT2D eigenvalue weighted by atomic mass is 10.2. The lowest BCUT2D eigenvalue weighted by Gasteiger charge is -2.14. The first-order valence-electron chi connectivity index (χ1n) is 11.1. The van der Waals surface area contributed by atoms with E-state index in [1.807, 2.05) is 29.5 Å². The van der Waals surface area contributed by atoms with Crippen molar-refractivity contribution in [1.82, 2.24) is 4.90 Å². The number of hydrogen-bond donors (Lipinski definition) is 1. The Hall–Kier alpha value is -3.36. The number of halogens is 1. The van der Waals surface area contributed by atoms with E-state index in [0.29, 0.717) is 26.6 Å². The molecule has 0 aliphatic carbocycles. The Labute approximate surface area is 237 Å². The first-order chi connectivity index (χ1) is 18.1. The zero-order valence-corrected chi connectivity index (χ0v) is 23.9. The molecule has 3 aromatic rings. The Morgan fingerprint density at radius 1 is 1.08 bits per heavy atom. The van der Waals surface area contributed by atoms with Crippen molar-refractivity contribution in [2.45, 2.75) is 11.8 Å². The molecule has 1 heterocycles. The molecule has 196 valence electrons. The van der Waals surface area contributed by atoms with Crippen molar-refractivity contribution in [2.24, 2.45) is 0 Å². The number of thioether (sulfide) groups is 1. The number of imide groups is 1. The van der Waals surface area contributed by atoms with Gasteiger partial charge in [-0.2, -0.15) is 8.42 Å². The molecular formula is C26H21IN2O7S2. The summed E-state index contributed by atoms with van der Waals surface area (Å²) in [7, 11) is -2.76. The largest absolute Gasteiger partial charge is 0.493 e. The fourth-order valence-corrected chi connectivity index (χ4v) is 6.10. The van der Waals surface area contributed by atoms with E-state index < -0.39 is 33.7 Å². The summed E-state index contributed by atoms with van der Waals surface area (Å²) in [5, 5.41) is 2.07. The van der Waals surface area contributed by atoms with Gasteiger partial charge in [0, 0.05) is 5.69 Å². The zero-order chi connectivity index (χ0) is 27.4. The van der Waals surface area contributed by atoms with Crippen molar-refractivity contribution >= 4 is 73.3 Å². The molecule has 1 N–H and O–H groups in total. The molecule has 1 saturated heterocycles. The summed E-state index contributed by atoms with van der Waals surface area (Å²) in [6.45, 7) is 1.41. The van der Waals surface area contributed by atoms with Gasteiger partial charge in [-0.3, -0.25) is 19.3 Å². The van der Waals surface area contributed by atoms with Crippen LogP contribution in [0.15, 0.2) is 76.5 Å². The van der Waals surface area contributed by atoms with Gasteiger partial charge in [-0.25, -0.2) is 0 Å². The maximum atomic E-state index is 12.9. The molecule has 1 aliphatic rings. The summed E-state index contributed by atoms with van der Waals surface area (Å²) in [4.78, 5) is 38.7. The fraction of sp³-hybridized carbons (Fsp3) is 0.115. The predicted octanol–water partition coefficient (Wildman–Crippen LogP) is 5.05. The molecular weight excluding hydrogens is 643 g/mol. The molecule has 9 nitrogen and oxygen atoms in total. The lowest BCUT2D eigenvalue weighted by molar-refractivity contribution is -0.127. The SMILES string of the molecule is COc1cc(/C=C2\SC(=O)N(CC(=O)Nc3ccccc3)C2=O)cc(I)c1OS(=O)(=O)c1ccc(C)cc1. The Kier molecular flexibility index (Phi) is 8.43. The van der Waals surface area contributed by atoms with Gasteiger partial charge in [0.1, 0.15) is 11.4 Å². The quantitative estimate of drug-likeness (QED) is 0.202. The molecule has 0 saturated carbocycles. The Bertz CT molecular complexity index is 1540. The molecule has 0 atom stereocenters. The smallest absolute Gasteiger partial charge is 0.339 e. The summed E-state index contributed by atoms with van der Waals surface area (Å²) >= 11 is 2.61. The third-order valence-electron chi connectivity index (χ3n) is 5.29. The molecule has 38 heavy (non-hydrogen) atoms. The Balaban J connectivity index is 1.53. The normalized spacial score (nSPS) is 14.6. The van der Waals surface area contributed by atoms with E-state index in [1.54, 1.807) is 48.5 Å². The second-order valence-electron chi connectivity index (χ2n) is 8.07. The molecule has 0 aromatic heterocycles. The van der Waals surface area contributed by atoms with Gasteiger partial charge < -0.3 is 14.2 Å². The van der Waals surface area contributed by atoms with Crippen molar-refractivity contribution in [2.75, 3.05) is 19.0 Å². The number of amides is 3. The third-order valence-corrected chi connectivity index (χ3v) is 8.23. The van der Waals surface area contributed by atoms with Crippen LogP contribution >= 0.6 is 34.4 Å². The number of para-hydroxylation sites is 1. The number of aryl methyl sites for hydroxylation is 1. The van der Waals surface area contributed by atoms with E-state index >= 15 is 0 Å². The Morgan fingerprint density at radius 2 is 1.76 bits per heavy atom. The minimum Gasteiger partial charge on any atom is -0.493 e. The maximum Gasteiger partial charge on any atom is 0.339 e. The zero-order valence-electron chi connectivity index (χ0n) is 20.1. The highest BCUT2D eigenvalue weighted by molar-refractivity contribution is 14.1. The molecule has 3 amide bonds. The number of carbonyl (C=O) groups is 3. The molecule has 3 aromatic carbocycles. The van der Waals surface area contributed by atoms with Crippen LogP contribution < -0.4 is 14.2 Å². The molecule has 4 rings (SSSR count). The first-order valence-corrected chi connectivity index (χ1v) is 14.4. The minimum absolute atomic E-state index is 0.00323. The van der Waals surface area contributed by atoms with Crippen LogP contribution in [0.25, 0.3) is 6.08 Å². The number of hydrogen-bond acceptors (Lipinski definition) is 8. The van der Waals surface area contributed by atoms with E-state index in [9.17, 15) is 22.8 Å². The van der Waals surface area contributed by atoms with E-state index in [0.717, 1.165) is 10.5 Å². The molecule has 1 fully saturated rings. The van der Waals surface area contributed by atoms with Crippen molar-refractivity contribution in [1.29, 1.82) is 0 Å². The second kappa shape index (κ2) is 11.6. The highest BCUT2D eigenvalue weighted by atomic mass is 127. The number of methoxy groups -OCH3 is 1. The predicted molar refractivity (Wildman–Crippen MR) is 152 cm³/mol. The van der Waals surface area contributed by atoms with Crippen LogP contribution in [-0.4, -0.2) is 44.0 Å². The molecule has 0 radical (unpaired) electrons. The number of carbonyl (C=O) groups excluding carboxylic acids is 3. The van der Waals surface area contributed by atoms with Crippen molar-refractivity contribution < 1.29 is 31.7 Å². The molecule has 0 unspecified atom stereocenters. The number of ether oxygens (including phenoxy) is 1. The topological polar surface area (TPSA) is 119 Å². The van der Waals surface area contributed by atoms with E-state index in [2.05, 4.69) is 5.32 Å². The van der Waals surface area contributed by atoms with Gasteiger partial charge >= 0.3 is 10.1 Å². The monoisotopic (exact) mass is 664 g/mol. The van der Waals surface area contributed by atoms with Crippen molar-refractivity contribution in [3.8, 4) is 11.5 Å². The van der Waals surface area contributed by atoms with Crippen molar-refractivity contribution in [3.05, 3.63) is 86.3 Å². The summed E-state index contributed by atoms with van der Waals surface area (Å²) in [6.07, 6.45) is 1.48. The summed E-state index contributed by atoms with van der Waals surface area (Å²) in [6, 6.07) is 18.0. The summed E-state index contributed by atoms with van der Waals surface area (Å²) in [5.41, 5.74) is 1.93. The highest BCUT2D eigenvalue weighted by Gasteiger charge is 2.36. The summed E-state index contributed by atoms with van der Waals surface area (Å²) in [5.74, 6) is -0.997. The standard InChI is InChI=1S/C26H21IN2O7S2/c1-16-8-10-19(11-9-16)38(33,34)36-24-20(27)12-17(13-21(24)35-2)14-22-25(31)29(26(32)37-22)15-23(30)28-18-6-4-3-5-7-18/h3-14H,15H2,1-2H3,(H,28,30)/b22-14-. The average Bonchev–Trinajstić information content (AvgIpc) is 3.13. The molecule has 12 heteroatoms. The van der Waals surface area contributed by atoms with Crippen LogP contribution in [0.4, 0.5) is 10.5 Å². The Morgan fingerprint density at radius 3 is 2.42 bits per heavy atom. The fourth-order valence-electron chi connectivity index (χ4n) is 3.42. The molecule has 1 aliphatic heterocycles. The van der Waals surface area contributed by atoms with Crippen LogP contribution in [0.2, 0.25) is 0 Å². The van der Waals surface area contributed by atoms with Crippen LogP contribution in [-0.2, 0) is 19.7 Å². The van der Waals surface area contributed by atoms with Crippen LogP contribution in [0.1, 0.15) is 11.1 Å². The van der Waals surface area contributed by atoms with E-state index in [4.69, 9.17) is 8.92 Å². The summed E-state index contributed by atoms with van der Waals surface area (Å²) < 4.78 is 36.8. The van der Waals surface area contributed by atoms with Crippen LogP contribution in [0, 0.1) is 10.5 Å². The number of nitrogens with zero attached hydrogens (tertiary/aromatic N) is 1. The molecule has 0 bridgehead atoms. The van der Waals surface area contributed by atoms with Gasteiger partial charge in [-0.15, -0.1) is 0 Å². The van der Waals surface area contributed by atoms with Gasteiger partial charge in [-0.05, 0) is 89.3 Å². The number of benzene rings is 3. The van der Waals surface area contributed by atoms with Crippen LogP contribution in [0.5, 0.6) is 11.5 Å². The van der Waals surface area contributed by atoms with Crippen molar-refractivity contribution in [3.63, 3.8) is 0 Å². The second-order valence-corrected chi connectivity index (χ2v) is 11.8. The number of anilines is 1. The van der Waals surface area contributed by atoms with Gasteiger partial charge in [0.2, 0.25) is 5.91 Å². The van der Waals surface area contributed by atoms with Crippen LogP contribution in [0.3, 0.4) is 0 Å². The van der Waals surface area contributed by atoms with E-state index in [1.165, 1.54) is 31.4 Å². The highest BCUT2D eigenvalue weighted by Crippen LogP contribution is 2.38. The average molecular weight is 664 g/mol. The van der Waals surface area contributed by atoms with Gasteiger partial charge in [0.25, 0.3) is 11.1 Å². The number of nitrogens with one attached hydrogen (secondary N) is 1.